The lowest BCUT2D eigenvalue weighted by Crippen LogP contribution is -2.17. The number of nitrogens with zero attached hydrogens (tertiary/aromatic N) is 5. The van der Waals surface area contributed by atoms with Gasteiger partial charge in [-0.15, -0.1) is 0 Å². The van der Waals surface area contributed by atoms with E-state index in [1.807, 2.05) is 0 Å². The molecule has 0 spiro atoms. The van der Waals surface area contributed by atoms with Crippen LogP contribution in [0.3, 0.4) is 0 Å². The number of rotatable bonds is 5. The molecule has 4 rings (SSSR count). The molecule has 1 amide bonds. The summed E-state index contributed by atoms with van der Waals surface area (Å²) >= 11 is 0. The minimum absolute atomic E-state index is 0.107. The van der Waals surface area contributed by atoms with Crippen molar-refractivity contribution in [2.45, 2.75) is 5.03 Å². The average Bonchev–Trinajstić information content (AvgIpc) is 3.41. The number of nitrogens with one attached hydrogen (secondary N) is 1. The highest BCUT2D eigenvalue weighted by Crippen LogP contribution is 2.21. The summed E-state index contributed by atoms with van der Waals surface area (Å²) in [6, 6.07) is 13.2. The minimum atomic E-state index is -3.74. The molecule has 9 nitrogen and oxygen atoms in total. The molecule has 0 bridgehead atoms. The van der Waals surface area contributed by atoms with E-state index in [9.17, 15) is 17.6 Å². The molecule has 2 aromatic carbocycles. The molecular weight excluding hydrogens is 447 g/mol. The maximum absolute atomic E-state index is 13.7. The van der Waals surface area contributed by atoms with Crippen LogP contribution in [0.5, 0.6) is 0 Å². The monoisotopic (exact) mass is 463 g/mol. The van der Waals surface area contributed by atoms with Crippen LogP contribution in [0.4, 0.5) is 10.1 Å². The van der Waals surface area contributed by atoms with E-state index in [1.165, 1.54) is 12.1 Å². The molecule has 4 aromatic rings. The Morgan fingerprint density at radius 3 is 2.45 bits per heavy atom. The molecule has 165 valence electrons. The van der Waals surface area contributed by atoms with Crippen molar-refractivity contribution >= 4 is 21.4 Å². The number of hydrogen-bond donors (Lipinski definition) is 1. The molecule has 0 aliphatic heterocycles. The zero-order chi connectivity index (χ0) is 23.8. The first-order valence-electron chi connectivity index (χ1n) is 9.44. The number of carbonyl (C=O) groups is 1. The third kappa shape index (κ3) is 4.37. The summed E-state index contributed by atoms with van der Waals surface area (Å²) in [5.74, 6) is -0.834. The number of aromatic nitrogens is 4. The highest BCUT2D eigenvalue weighted by Gasteiger charge is 2.22. The van der Waals surface area contributed by atoms with Crippen LogP contribution in [0, 0.1) is 24.1 Å². The number of halogens is 1. The molecule has 0 aliphatic rings. The summed E-state index contributed by atoms with van der Waals surface area (Å²) in [7, 11) is -3.74. The van der Waals surface area contributed by atoms with Crippen LogP contribution in [0.25, 0.3) is 11.4 Å². The Bertz CT molecular complexity index is 1510. The average molecular weight is 463 g/mol. The van der Waals surface area contributed by atoms with Crippen molar-refractivity contribution in [3.05, 3.63) is 90.7 Å². The Morgan fingerprint density at radius 1 is 1.15 bits per heavy atom. The molecule has 33 heavy (non-hydrogen) atoms. The van der Waals surface area contributed by atoms with Gasteiger partial charge in [-0.05, 0) is 42.5 Å². The van der Waals surface area contributed by atoms with Gasteiger partial charge in [0.15, 0.2) is 14.9 Å². The van der Waals surface area contributed by atoms with Gasteiger partial charge in [-0.3, -0.25) is 4.79 Å². The molecule has 0 saturated heterocycles. The van der Waals surface area contributed by atoms with Crippen LogP contribution in [0.15, 0.2) is 66.0 Å². The van der Waals surface area contributed by atoms with Crippen molar-refractivity contribution in [2.75, 3.05) is 11.6 Å². The number of nitriles is 1. The standard InChI is InChI=1S/C22H16FN6O3S/c1-14-25-9-10-28(14)17-5-3-16(4-6-17)26-22(30)20-12-21(33(2,31)32)27-29(20)18-7-8-19(23)15(11-18)13-24/h3-12H,1H2,2H3,(H,26,30). The lowest BCUT2D eigenvalue weighted by Gasteiger charge is -2.10. The Balaban J connectivity index is 1.69. The fourth-order valence-electron chi connectivity index (χ4n) is 3.10. The number of amides is 1. The predicted molar refractivity (Wildman–Crippen MR) is 117 cm³/mol. The molecule has 0 unspecified atom stereocenters. The van der Waals surface area contributed by atoms with Gasteiger partial charge in [-0.2, -0.15) is 10.4 Å². The third-order valence-electron chi connectivity index (χ3n) is 4.74. The van der Waals surface area contributed by atoms with E-state index < -0.39 is 21.6 Å². The van der Waals surface area contributed by atoms with Gasteiger partial charge in [0.05, 0.1) is 11.3 Å². The Labute approximate surface area is 188 Å². The van der Waals surface area contributed by atoms with Crippen LogP contribution < -0.4 is 5.32 Å². The van der Waals surface area contributed by atoms with Crippen LogP contribution in [0.2, 0.25) is 0 Å². The van der Waals surface area contributed by atoms with Crippen molar-refractivity contribution in [1.29, 1.82) is 5.26 Å². The first-order valence-corrected chi connectivity index (χ1v) is 11.3. The maximum atomic E-state index is 13.7. The second kappa shape index (κ2) is 8.33. The Morgan fingerprint density at radius 2 is 1.85 bits per heavy atom. The predicted octanol–water partition coefficient (Wildman–Crippen LogP) is 2.91. The van der Waals surface area contributed by atoms with E-state index in [1.54, 1.807) is 47.3 Å². The highest BCUT2D eigenvalue weighted by atomic mass is 32.2. The van der Waals surface area contributed by atoms with Gasteiger partial charge in [-0.25, -0.2) is 22.5 Å². The third-order valence-corrected chi connectivity index (χ3v) is 5.69. The number of benzene rings is 2. The number of hydrogen-bond acceptors (Lipinski definition) is 6. The van der Waals surface area contributed by atoms with E-state index >= 15 is 0 Å². The summed E-state index contributed by atoms with van der Waals surface area (Å²) in [5, 5.41) is 15.4. The molecule has 2 heterocycles. The fraction of sp³-hybridized carbons (Fsp3) is 0.0455. The van der Waals surface area contributed by atoms with Crippen molar-refractivity contribution in [2.24, 2.45) is 0 Å². The number of carbonyl (C=O) groups excluding carboxylic acids is 1. The van der Waals surface area contributed by atoms with Crippen molar-refractivity contribution < 1.29 is 17.6 Å². The minimum Gasteiger partial charge on any atom is -0.321 e. The lowest BCUT2D eigenvalue weighted by molar-refractivity contribution is 0.101. The molecule has 1 N–H and O–H groups in total. The zero-order valence-electron chi connectivity index (χ0n) is 17.2. The second-order valence-corrected chi connectivity index (χ2v) is 9.00. The molecule has 0 fully saturated rings. The first kappa shape index (κ1) is 21.9. The lowest BCUT2D eigenvalue weighted by atomic mass is 10.2. The topological polar surface area (TPSA) is 123 Å². The molecule has 2 aromatic heterocycles. The van der Waals surface area contributed by atoms with Crippen LogP contribution in [0.1, 0.15) is 21.9 Å². The first-order chi connectivity index (χ1) is 15.7. The SMILES string of the molecule is [CH2]c1nccn1-c1ccc(NC(=O)c2cc(S(C)(=O)=O)nn2-c2ccc(F)c(C#N)c2)cc1. The summed E-state index contributed by atoms with van der Waals surface area (Å²) in [5.41, 5.74) is 1.02. The summed E-state index contributed by atoms with van der Waals surface area (Å²) in [6.45, 7) is 3.83. The van der Waals surface area contributed by atoms with E-state index in [2.05, 4.69) is 22.3 Å². The van der Waals surface area contributed by atoms with Gasteiger partial charge in [0.2, 0.25) is 0 Å². The normalized spacial score (nSPS) is 11.2. The van der Waals surface area contributed by atoms with Crippen molar-refractivity contribution in [3.8, 4) is 17.4 Å². The molecule has 1 radical (unpaired) electrons. The molecule has 11 heteroatoms. The van der Waals surface area contributed by atoms with Crippen LogP contribution in [-0.4, -0.2) is 39.9 Å². The number of sulfone groups is 1. The van der Waals surface area contributed by atoms with Gasteiger partial charge in [0.1, 0.15) is 23.4 Å². The Hall–Kier alpha value is -4.30. The largest absolute Gasteiger partial charge is 0.321 e. The van der Waals surface area contributed by atoms with E-state index in [-0.39, 0.29) is 22.0 Å². The smallest absolute Gasteiger partial charge is 0.274 e. The molecule has 0 saturated carbocycles. The summed E-state index contributed by atoms with van der Waals surface area (Å²) in [4.78, 5) is 17.1. The number of imidazole rings is 1. The summed E-state index contributed by atoms with van der Waals surface area (Å²) < 4.78 is 40.6. The zero-order valence-corrected chi connectivity index (χ0v) is 18.0. The van der Waals surface area contributed by atoms with Gasteiger partial charge in [-0.1, -0.05) is 0 Å². The van der Waals surface area contributed by atoms with E-state index in [0.717, 1.165) is 28.8 Å². The van der Waals surface area contributed by atoms with E-state index in [0.29, 0.717) is 11.5 Å². The maximum Gasteiger partial charge on any atom is 0.274 e. The van der Waals surface area contributed by atoms with E-state index in [4.69, 9.17) is 5.26 Å². The molecule has 0 atom stereocenters. The molecular formula is C22H16FN6O3S. The van der Waals surface area contributed by atoms with Gasteiger partial charge in [0.25, 0.3) is 5.91 Å². The fourth-order valence-corrected chi connectivity index (χ4v) is 3.66. The van der Waals surface area contributed by atoms with Gasteiger partial charge in [0, 0.05) is 43.0 Å². The highest BCUT2D eigenvalue weighted by molar-refractivity contribution is 7.90. The molecule has 0 aliphatic carbocycles. The second-order valence-electron chi connectivity index (χ2n) is 7.04. The van der Waals surface area contributed by atoms with Gasteiger partial charge >= 0.3 is 0 Å². The van der Waals surface area contributed by atoms with Gasteiger partial charge < -0.3 is 9.88 Å². The van der Waals surface area contributed by atoms with Crippen LogP contribution >= 0.6 is 0 Å². The Kier molecular flexibility index (Phi) is 5.53. The quantitative estimate of drug-likeness (QED) is 0.486. The number of anilines is 1. The summed E-state index contributed by atoms with van der Waals surface area (Å²) in [6.07, 6.45) is 4.32. The van der Waals surface area contributed by atoms with Crippen LogP contribution in [-0.2, 0) is 9.84 Å². The van der Waals surface area contributed by atoms with Crippen molar-refractivity contribution in [1.82, 2.24) is 19.3 Å². The van der Waals surface area contributed by atoms with Crippen molar-refractivity contribution in [3.63, 3.8) is 0 Å².